The van der Waals surface area contributed by atoms with E-state index in [1.54, 1.807) is 11.0 Å². The zero-order valence-electron chi connectivity index (χ0n) is 15.1. The maximum Gasteiger partial charge on any atom is 0.261 e. The number of fused-ring (bicyclic) bond motifs is 1. The van der Waals surface area contributed by atoms with Crippen molar-refractivity contribution in [3.05, 3.63) is 68.6 Å². The van der Waals surface area contributed by atoms with Crippen molar-refractivity contribution in [1.29, 1.82) is 0 Å². The molecule has 142 valence electrons. The molecule has 2 heterocycles. The van der Waals surface area contributed by atoms with Crippen molar-refractivity contribution in [2.24, 2.45) is 5.92 Å². The van der Waals surface area contributed by atoms with E-state index in [0.717, 1.165) is 49.4 Å². The molecule has 2 aromatic rings. The summed E-state index contributed by atoms with van der Waals surface area (Å²) in [5.41, 5.74) is 2.49. The van der Waals surface area contributed by atoms with Gasteiger partial charge >= 0.3 is 0 Å². The van der Waals surface area contributed by atoms with E-state index < -0.39 is 11.6 Å². The Kier molecular flexibility index (Phi) is 4.81. The van der Waals surface area contributed by atoms with E-state index in [1.807, 2.05) is 0 Å². The summed E-state index contributed by atoms with van der Waals surface area (Å²) in [4.78, 5) is 29.8. The van der Waals surface area contributed by atoms with E-state index >= 15 is 0 Å². The van der Waals surface area contributed by atoms with Gasteiger partial charge in [-0.15, -0.1) is 0 Å². The fourth-order valence-corrected chi connectivity index (χ4v) is 4.25. The van der Waals surface area contributed by atoms with Crippen molar-refractivity contribution in [2.75, 3.05) is 13.1 Å². The summed E-state index contributed by atoms with van der Waals surface area (Å²) in [6.45, 7) is 1.05. The second kappa shape index (κ2) is 7.25. The number of rotatable bonds is 3. The lowest BCUT2D eigenvalue weighted by Gasteiger charge is -2.19. The lowest BCUT2D eigenvalue weighted by atomic mass is 9.95. The second-order valence-electron chi connectivity index (χ2n) is 7.61. The molecular formula is C21H22F2N2O2. The van der Waals surface area contributed by atoms with Crippen LogP contribution in [0.1, 0.15) is 46.4 Å². The molecule has 0 radical (unpaired) electrons. The number of aromatic nitrogens is 1. The maximum absolute atomic E-state index is 13.4. The van der Waals surface area contributed by atoms with Crippen molar-refractivity contribution in [2.45, 2.75) is 38.5 Å². The van der Waals surface area contributed by atoms with Gasteiger partial charge in [-0.25, -0.2) is 8.78 Å². The molecule has 1 amide bonds. The molecule has 1 fully saturated rings. The highest BCUT2D eigenvalue weighted by atomic mass is 19.1. The number of pyridine rings is 1. The van der Waals surface area contributed by atoms with Gasteiger partial charge in [-0.1, -0.05) is 0 Å². The van der Waals surface area contributed by atoms with Gasteiger partial charge in [-0.3, -0.25) is 9.59 Å². The van der Waals surface area contributed by atoms with Crippen molar-refractivity contribution in [3.8, 4) is 0 Å². The Balaban J connectivity index is 1.47. The van der Waals surface area contributed by atoms with Gasteiger partial charge in [-0.05, 0) is 73.8 Å². The van der Waals surface area contributed by atoms with Crippen LogP contribution in [-0.4, -0.2) is 28.9 Å². The first kappa shape index (κ1) is 17.9. The summed E-state index contributed by atoms with van der Waals surface area (Å²) in [6, 6.07) is 5.28. The molecule has 0 saturated carbocycles. The second-order valence-corrected chi connectivity index (χ2v) is 7.61. The normalized spacial score (nSPS) is 19.2. The van der Waals surface area contributed by atoms with Crippen LogP contribution in [0.2, 0.25) is 0 Å². The molecular weight excluding hydrogens is 350 g/mol. The predicted molar refractivity (Wildman–Crippen MR) is 97.8 cm³/mol. The van der Waals surface area contributed by atoms with E-state index in [0.29, 0.717) is 25.1 Å². The van der Waals surface area contributed by atoms with Crippen LogP contribution in [0, 0.1) is 17.6 Å². The molecule has 1 aliphatic heterocycles. The van der Waals surface area contributed by atoms with Crippen LogP contribution < -0.4 is 5.56 Å². The van der Waals surface area contributed by atoms with Crippen LogP contribution in [0.15, 0.2) is 29.1 Å². The first-order chi connectivity index (χ1) is 13.0. The van der Waals surface area contributed by atoms with Gasteiger partial charge in [-0.2, -0.15) is 0 Å². The Labute approximate surface area is 156 Å². The third-order valence-electron chi connectivity index (χ3n) is 5.59. The summed E-state index contributed by atoms with van der Waals surface area (Å²) < 4.78 is 26.7. The fourth-order valence-electron chi connectivity index (χ4n) is 4.25. The first-order valence-corrected chi connectivity index (χ1v) is 9.49. The van der Waals surface area contributed by atoms with Crippen molar-refractivity contribution in [3.63, 3.8) is 0 Å². The zero-order chi connectivity index (χ0) is 19.0. The average Bonchev–Trinajstić information content (AvgIpc) is 3.08. The molecule has 0 bridgehead atoms. The lowest BCUT2D eigenvalue weighted by Crippen LogP contribution is -2.34. The quantitative estimate of drug-likeness (QED) is 0.899. The largest absolute Gasteiger partial charge is 0.338 e. The number of H-pyrrole nitrogens is 1. The van der Waals surface area contributed by atoms with E-state index in [2.05, 4.69) is 4.98 Å². The van der Waals surface area contributed by atoms with Crippen LogP contribution in [0.25, 0.3) is 0 Å². The Morgan fingerprint density at radius 1 is 1.11 bits per heavy atom. The number of likely N-dealkylation sites (tertiary alicyclic amines) is 1. The Morgan fingerprint density at radius 3 is 2.63 bits per heavy atom. The number of carbonyl (C=O) groups is 1. The predicted octanol–water partition coefficient (Wildman–Crippen LogP) is 3.24. The number of hydrogen-bond acceptors (Lipinski definition) is 2. The minimum absolute atomic E-state index is 0.131. The van der Waals surface area contributed by atoms with Gasteiger partial charge in [0.15, 0.2) is 0 Å². The van der Waals surface area contributed by atoms with Crippen molar-refractivity contribution < 1.29 is 13.6 Å². The van der Waals surface area contributed by atoms with Crippen molar-refractivity contribution in [1.82, 2.24) is 9.88 Å². The number of hydrogen-bond donors (Lipinski definition) is 1. The summed E-state index contributed by atoms with van der Waals surface area (Å²) >= 11 is 0. The number of benzene rings is 1. The topological polar surface area (TPSA) is 53.2 Å². The summed E-state index contributed by atoms with van der Waals surface area (Å²) in [5, 5.41) is 0. The highest BCUT2D eigenvalue weighted by Gasteiger charge is 2.29. The van der Waals surface area contributed by atoms with Gasteiger partial charge in [0.25, 0.3) is 11.5 Å². The van der Waals surface area contributed by atoms with Gasteiger partial charge in [0.2, 0.25) is 0 Å². The Hall–Kier alpha value is -2.50. The smallest absolute Gasteiger partial charge is 0.261 e. The molecule has 1 unspecified atom stereocenters. The lowest BCUT2D eigenvalue weighted by molar-refractivity contribution is 0.0785. The fraction of sp³-hybridized carbons (Fsp3) is 0.429. The summed E-state index contributed by atoms with van der Waals surface area (Å²) in [7, 11) is 0. The number of nitrogens with one attached hydrogen (secondary N) is 1. The van der Waals surface area contributed by atoms with Gasteiger partial charge in [0, 0.05) is 24.8 Å². The minimum atomic E-state index is -0.587. The zero-order valence-corrected chi connectivity index (χ0v) is 15.1. The standard InChI is InChI=1S/C21H22F2N2O2/c22-16-8-14(9-17(23)11-16)7-13-5-6-25(12-13)21(27)18-10-15-3-1-2-4-19(15)24-20(18)26/h8-11,13H,1-7,12H2,(H,24,26). The highest BCUT2D eigenvalue weighted by molar-refractivity contribution is 5.94. The average molecular weight is 372 g/mol. The maximum atomic E-state index is 13.4. The molecule has 6 heteroatoms. The highest BCUT2D eigenvalue weighted by Crippen LogP contribution is 2.24. The van der Waals surface area contributed by atoms with E-state index in [1.165, 1.54) is 12.1 Å². The van der Waals surface area contributed by atoms with Crippen LogP contribution in [0.3, 0.4) is 0 Å². The van der Waals surface area contributed by atoms with Crippen LogP contribution in [0.4, 0.5) is 8.78 Å². The van der Waals surface area contributed by atoms with E-state index in [4.69, 9.17) is 0 Å². The number of carbonyl (C=O) groups excluding carboxylic acids is 1. The third-order valence-corrected chi connectivity index (χ3v) is 5.59. The molecule has 4 rings (SSSR count). The molecule has 1 aliphatic carbocycles. The van der Waals surface area contributed by atoms with E-state index in [-0.39, 0.29) is 22.9 Å². The van der Waals surface area contributed by atoms with E-state index in [9.17, 15) is 18.4 Å². The van der Waals surface area contributed by atoms with Crippen molar-refractivity contribution >= 4 is 5.91 Å². The summed E-state index contributed by atoms with van der Waals surface area (Å²) in [5.74, 6) is -1.29. The number of aryl methyl sites for hydroxylation is 2. The molecule has 0 spiro atoms. The Bertz CT molecular complexity index is 918. The Morgan fingerprint density at radius 2 is 1.85 bits per heavy atom. The molecule has 1 atom stereocenters. The van der Waals surface area contributed by atoms with Gasteiger partial charge in [0.05, 0.1) is 0 Å². The SMILES string of the molecule is O=C(c1cc2c([nH]c1=O)CCCC2)N1CCC(Cc2cc(F)cc(F)c2)C1. The van der Waals surface area contributed by atoms with Crippen LogP contribution in [-0.2, 0) is 19.3 Å². The molecule has 2 aliphatic rings. The number of halogens is 2. The molecule has 1 N–H and O–H groups in total. The molecule has 27 heavy (non-hydrogen) atoms. The third kappa shape index (κ3) is 3.80. The molecule has 4 nitrogen and oxygen atoms in total. The molecule has 1 aromatic heterocycles. The van der Waals surface area contributed by atoms with Gasteiger partial charge < -0.3 is 9.88 Å². The molecule has 1 aromatic carbocycles. The number of nitrogens with zero attached hydrogens (tertiary/aromatic N) is 1. The summed E-state index contributed by atoms with van der Waals surface area (Å²) in [6.07, 6.45) is 5.15. The molecule has 1 saturated heterocycles. The van der Waals surface area contributed by atoms with Crippen LogP contribution in [0.5, 0.6) is 0 Å². The van der Waals surface area contributed by atoms with Gasteiger partial charge in [0.1, 0.15) is 17.2 Å². The van der Waals surface area contributed by atoms with Crippen LogP contribution >= 0.6 is 0 Å². The number of amides is 1. The monoisotopic (exact) mass is 372 g/mol. The first-order valence-electron chi connectivity index (χ1n) is 9.49. The minimum Gasteiger partial charge on any atom is -0.338 e. The number of aromatic amines is 1.